The summed E-state index contributed by atoms with van der Waals surface area (Å²) in [6.45, 7) is 6.51. The van der Waals surface area contributed by atoms with Crippen molar-refractivity contribution < 1.29 is 19.1 Å². The van der Waals surface area contributed by atoms with Crippen molar-refractivity contribution in [1.29, 1.82) is 0 Å². The van der Waals surface area contributed by atoms with E-state index in [0.717, 1.165) is 25.7 Å². The molecular weight excluding hydrogens is 318 g/mol. The molecule has 2 aliphatic heterocycles. The summed E-state index contributed by atoms with van der Waals surface area (Å²) < 4.78 is 11.1. The van der Waals surface area contributed by atoms with Gasteiger partial charge in [-0.05, 0) is 37.5 Å². The number of likely N-dealkylation sites (tertiary alicyclic amines) is 1. The highest BCUT2D eigenvalue weighted by molar-refractivity contribution is 5.98. The van der Waals surface area contributed by atoms with Crippen LogP contribution in [0, 0.1) is 11.8 Å². The van der Waals surface area contributed by atoms with E-state index in [4.69, 9.17) is 9.47 Å². The van der Waals surface area contributed by atoms with Gasteiger partial charge in [0.15, 0.2) is 17.3 Å². The minimum Gasteiger partial charge on any atom is -0.486 e. The van der Waals surface area contributed by atoms with Crippen LogP contribution in [0.3, 0.4) is 0 Å². The second kappa shape index (κ2) is 7.89. The Balaban J connectivity index is 1.59. The summed E-state index contributed by atoms with van der Waals surface area (Å²) in [5.41, 5.74) is 0.674. The smallest absolute Gasteiger partial charge is 0.225 e. The van der Waals surface area contributed by atoms with E-state index in [0.29, 0.717) is 43.4 Å². The van der Waals surface area contributed by atoms with Gasteiger partial charge in [-0.1, -0.05) is 20.3 Å². The van der Waals surface area contributed by atoms with Gasteiger partial charge in [-0.3, -0.25) is 9.59 Å². The van der Waals surface area contributed by atoms with Crippen molar-refractivity contribution in [3.8, 4) is 11.5 Å². The lowest BCUT2D eigenvalue weighted by molar-refractivity contribution is -0.136. The van der Waals surface area contributed by atoms with Gasteiger partial charge in [-0.25, -0.2) is 0 Å². The van der Waals surface area contributed by atoms with Crippen LogP contribution in [0.1, 0.15) is 49.9 Å². The Hall–Kier alpha value is -2.04. The van der Waals surface area contributed by atoms with Gasteiger partial charge < -0.3 is 14.4 Å². The van der Waals surface area contributed by atoms with Gasteiger partial charge >= 0.3 is 0 Å². The minimum atomic E-state index is -0.0203. The molecule has 3 rings (SSSR count). The predicted molar refractivity (Wildman–Crippen MR) is 95.1 cm³/mol. The summed E-state index contributed by atoms with van der Waals surface area (Å²) in [7, 11) is 0. The molecule has 0 saturated carbocycles. The molecule has 2 aliphatic rings. The Labute approximate surface area is 149 Å². The van der Waals surface area contributed by atoms with Crippen LogP contribution < -0.4 is 9.47 Å². The highest BCUT2D eigenvalue weighted by atomic mass is 16.6. The quantitative estimate of drug-likeness (QED) is 0.768. The molecule has 0 spiro atoms. The molecule has 0 aromatic heterocycles. The number of hydrogen-bond acceptors (Lipinski definition) is 4. The maximum atomic E-state index is 12.8. The van der Waals surface area contributed by atoms with Crippen LogP contribution in [-0.4, -0.2) is 42.9 Å². The van der Waals surface area contributed by atoms with E-state index < -0.39 is 0 Å². The highest BCUT2D eigenvalue weighted by Crippen LogP contribution is 2.32. The average molecular weight is 345 g/mol. The molecule has 2 heterocycles. The largest absolute Gasteiger partial charge is 0.486 e. The molecule has 5 nitrogen and oxygen atoms in total. The van der Waals surface area contributed by atoms with Gasteiger partial charge in [0.25, 0.3) is 0 Å². The Bertz CT molecular complexity index is 635. The summed E-state index contributed by atoms with van der Waals surface area (Å²) in [6, 6.07) is 5.42. The summed E-state index contributed by atoms with van der Waals surface area (Å²) in [5.74, 6) is 1.78. The lowest BCUT2D eigenvalue weighted by Gasteiger charge is -2.33. The van der Waals surface area contributed by atoms with Crippen LogP contribution in [-0.2, 0) is 4.79 Å². The number of ether oxygens (including phenoxy) is 2. The fourth-order valence-electron chi connectivity index (χ4n) is 3.66. The summed E-state index contributed by atoms with van der Waals surface area (Å²) in [4.78, 5) is 27.1. The number of piperidine rings is 1. The van der Waals surface area contributed by atoms with E-state index in [2.05, 4.69) is 6.92 Å². The zero-order valence-electron chi connectivity index (χ0n) is 15.1. The predicted octanol–water partition coefficient (Wildman–Crippen LogP) is 3.32. The Morgan fingerprint density at radius 3 is 2.52 bits per heavy atom. The van der Waals surface area contributed by atoms with Gasteiger partial charge in [0, 0.05) is 30.5 Å². The number of rotatable bonds is 5. The van der Waals surface area contributed by atoms with Crippen LogP contribution in [0.4, 0.5) is 0 Å². The van der Waals surface area contributed by atoms with Crippen molar-refractivity contribution in [2.45, 2.75) is 39.5 Å². The topological polar surface area (TPSA) is 55.8 Å². The SMILES string of the molecule is CCCC(C)C(=O)N1CCC(C(=O)c2ccc3c(c2)OCCO3)CC1. The maximum absolute atomic E-state index is 12.8. The van der Waals surface area contributed by atoms with E-state index in [1.54, 1.807) is 6.07 Å². The first kappa shape index (κ1) is 17.8. The van der Waals surface area contributed by atoms with E-state index >= 15 is 0 Å². The second-order valence-corrected chi connectivity index (χ2v) is 7.01. The molecule has 136 valence electrons. The Morgan fingerprint density at radius 2 is 1.84 bits per heavy atom. The first-order chi connectivity index (χ1) is 12.1. The summed E-state index contributed by atoms with van der Waals surface area (Å²) in [5, 5.41) is 0. The molecule has 1 unspecified atom stereocenters. The van der Waals surface area contributed by atoms with Crippen molar-refractivity contribution in [3.05, 3.63) is 23.8 Å². The zero-order valence-corrected chi connectivity index (χ0v) is 15.1. The fourth-order valence-corrected chi connectivity index (χ4v) is 3.66. The highest BCUT2D eigenvalue weighted by Gasteiger charge is 2.30. The molecule has 1 saturated heterocycles. The van der Waals surface area contributed by atoms with Gasteiger partial charge in [-0.2, -0.15) is 0 Å². The maximum Gasteiger partial charge on any atom is 0.225 e. The van der Waals surface area contributed by atoms with E-state index in [1.807, 2.05) is 24.0 Å². The number of ketones is 1. The number of carbonyl (C=O) groups excluding carboxylic acids is 2. The van der Waals surface area contributed by atoms with Crippen molar-refractivity contribution in [1.82, 2.24) is 4.90 Å². The molecule has 25 heavy (non-hydrogen) atoms. The Kier molecular flexibility index (Phi) is 5.61. The van der Waals surface area contributed by atoms with Crippen LogP contribution in [0.25, 0.3) is 0 Å². The van der Waals surface area contributed by atoms with E-state index in [-0.39, 0.29) is 23.5 Å². The molecule has 1 fully saturated rings. The van der Waals surface area contributed by atoms with Crippen LogP contribution in [0.15, 0.2) is 18.2 Å². The normalized spacial score (nSPS) is 18.7. The van der Waals surface area contributed by atoms with Crippen LogP contribution >= 0.6 is 0 Å². The number of benzene rings is 1. The molecule has 1 amide bonds. The van der Waals surface area contributed by atoms with Crippen molar-refractivity contribution in [2.75, 3.05) is 26.3 Å². The minimum absolute atomic E-state index is 0.0203. The van der Waals surface area contributed by atoms with Gasteiger partial charge in [0.05, 0.1) is 0 Å². The summed E-state index contributed by atoms with van der Waals surface area (Å²) in [6.07, 6.45) is 3.41. The third kappa shape index (κ3) is 3.97. The molecular formula is C20H27NO4. The van der Waals surface area contributed by atoms with E-state index in [9.17, 15) is 9.59 Å². The fraction of sp³-hybridized carbons (Fsp3) is 0.600. The molecule has 0 aliphatic carbocycles. The Morgan fingerprint density at radius 1 is 1.16 bits per heavy atom. The third-order valence-corrected chi connectivity index (χ3v) is 5.15. The number of hydrogen-bond donors (Lipinski definition) is 0. The number of Topliss-reactive ketones (excluding diaryl/α,β-unsaturated/α-hetero) is 1. The lowest BCUT2D eigenvalue weighted by Crippen LogP contribution is -2.42. The molecule has 1 aromatic rings. The lowest BCUT2D eigenvalue weighted by atomic mass is 9.88. The van der Waals surface area contributed by atoms with E-state index in [1.165, 1.54) is 0 Å². The number of fused-ring (bicyclic) bond motifs is 1. The first-order valence-electron chi connectivity index (χ1n) is 9.32. The molecule has 0 bridgehead atoms. The molecule has 1 aromatic carbocycles. The van der Waals surface area contributed by atoms with Crippen molar-refractivity contribution in [2.24, 2.45) is 11.8 Å². The molecule has 0 N–H and O–H groups in total. The zero-order chi connectivity index (χ0) is 17.8. The molecule has 5 heteroatoms. The standard InChI is InChI=1S/C20H27NO4/c1-3-4-14(2)20(23)21-9-7-15(8-10-21)19(22)16-5-6-17-18(13-16)25-12-11-24-17/h5-6,13-15H,3-4,7-12H2,1-2H3. The monoisotopic (exact) mass is 345 g/mol. The first-order valence-corrected chi connectivity index (χ1v) is 9.32. The molecule has 0 radical (unpaired) electrons. The molecule has 1 atom stereocenters. The number of nitrogens with zero attached hydrogens (tertiary/aromatic N) is 1. The van der Waals surface area contributed by atoms with Crippen molar-refractivity contribution >= 4 is 11.7 Å². The van der Waals surface area contributed by atoms with Gasteiger partial charge in [-0.15, -0.1) is 0 Å². The van der Waals surface area contributed by atoms with Crippen molar-refractivity contribution in [3.63, 3.8) is 0 Å². The van der Waals surface area contributed by atoms with Crippen LogP contribution in [0.2, 0.25) is 0 Å². The van der Waals surface area contributed by atoms with Gasteiger partial charge in [0.2, 0.25) is 5.91 Å². The number of amides is 1. The average Bonchev–Trinajstić information content (AvgIpc) is 2.66. The van der Waals surface area contributed by atoms with Gasteiger partial charge in [0.1, 0.15) is 13.2 Å². The third-order valence-electron chi connectivity index (χ3n) is 5.15. The van der Waals surface area contributed by atoms with Crippen LogP contribution in [0.5, 0.6) is 11.5 Å². The second-order valence-electron chi connectivity index (χ2n) is 7.01. The summed E-state index contributed by atoms with van der Waals surface area (Å²) >= 11 is 0. The number of carbonyl (C=O) groups is 2.